The summed E-state index contributed by atoms with van der Waals surface area (Å²) in [6, 6.07) is 7.81. The average molecular weight is 404 g/mol. The summed E-state index contributed by atoms with van der Waals surface area (Å²) in [4.78, 5) is 32.0. The summed E-state index contributed by atoms with van der Waals surface area (Å²) < 4.78 is 0. The third-order valence-electron chi connectivity index (χ3n) is 5.30. The summed E-state index contributed by atoms with van der Waals surface area (Å²) in [6.45, 7) is 5.51. The SMILES string of the molecule is CC(=O)N[C@H]1C[C@H](NC(=O)c2cnc3c([nH]c4cc(C#N)ccc43)c2NC(C)C)C1. The molecule has 30 heavy (non-hydrogen) atoms. The number of carbonyl (C=O) groups excluding carboxylic acids is 2. The predicted molar refractivity (Wildman–Crippen MR) is 115 cm³/mol. The fraction of sp³-hybridized carbons (Fsp3) is 0.364. The van der Waals surface area contributed by atoms with Gasteiger partial charge in [0.05, 0.1) is 33.9 Å². The minimum atomic E-state index is -0.199. The fourth-order valence-corrected chi connectivity index (χ4v) is 3.91. The van der Waals surface area contributed by atoms with E-state index in [2.05, 4.69) is 32.0 Å². The van der Waals surface area contributed by atoms with E-state index in [1.54, 1.807) is 18.3 Å². The van der Waals surface area contributed by atoms with Crippen LogP contribution in [-0.4, -0.2) is 39.9 Å². The highest BCUT2D eigenvalue weighted by Crippen LogP contribution is 2.32. The van der Waals surface area contributed by atoms with E-state index in [1.165, 1.54) is 6.92 Å². The van der Waals surface area contributed by atoms with Crippen molar-refractivity contribution in [2.75, 3.05) is 5.32 Å². The summed E-state index contributed by atoms with van der Waals surface area (Å²) in [6.07, 6.45) is 3.03. The van der Waals surface area contributed by atoms with Gasteiger partial charge in [0.15, 0.2) is 0 Å². The zero-order valence-electron chi connectivity index (χ0n) is 17.2. The van der Waals surface area contributed by atoms with E-state index in [4.69, 9.17) is 0 Å². The number of aromatic nitrogens is 2. The molecule has 2 amide bonds. The van der Waals surface area contributed by atoms with Crippen molar-refractivity contribution >= 4 is 39.4 Å². The second-order valence-electron chi connectivity index (χ2n) is 8.11. The van der Waals surface area contributed by atoms with Crippen LogP contribution in [0.4, 0.5) is 5.69 Å². The number of nitriles is 1. The molecule has 1 aliphatic carbocycles. The van der Waals surface area contributed by atoms with E-state index >= 15 is 0 Å². The van der Waals surface area contributed by atoms with E-state index in [-0.39, 0.29) is 29.9 Å². The molecule has 0 bridgehead atoms. The van der Waals surface area contributed by atoms with E-state index in [0.29, 0.717) is 16.8 Å². The molecule has 3 aromatic rings. The van der Waals surface area contributed by atoms with Gasteiger partial charge in [-0.1, -0.05) is 0 Å². The fourth-order valence-electron chi connectivity index (χ4n) is 3.91. The van der Waals surface area contributed by atoms with Crippen LogP contribution in [0.3, 0.4) is 0 Å². The molecule has 4 N–H and O–H groups in total. The topological polar surface area (TPSA) is 123 Å². The van der Waals surface area contributed by atoms with Gasteiger partial charge in [0.25, 0.3) is 5.91 Å². The predicted octanol–water partition coefficient (Wildman–Crippen LogP) is 2.80. The van der Waals surface area contributed by atoms with E-state index in [0.717, 1.165) is 34.8 Å². The first-order valence-corrected chi connectivity index (χ1v) is 10.0. The Kier molecular flexibility index (Phi) is 5.04. The van der Waals surface area contributed by atoms with E-state index in [1.807, 2.05) is 19.9 Å². The van der Waals surface area contributed by atoms with Crippen LogP contribution in [0.25, 0.3) is 21.9 Å². The largest absolute Gasteiger partial charge is 0.380 e. The molecule has 1 saturated carbocycles. The van der Waals surface area contributed by atoms with Crippen LogP contribution in [0.2, 0.25) is 0 Å². The number of nitrogens with one attached hydrogen (secondary N) is 4. The first kappa shape index (κ1) is 19.7. The Hall–Kier alpha value is -3.60. The molecule has 0 saturated heterocycles. The Bertz CT molecular complexity index is 1180. The smallest absolute Gasteiger partial charge is 0.255 e. The normalized spacial score (nSPS) is 18.1. The van der Waals surface area contributed by atoms with Crippen molar-refractivity contribution in [3.05, 3.63) is 35.5 Å². The summed E-state index contributed by atoms with van der Waals surface area (Å²) >= 11 is 0. The number of pyridine rings is 1. The number of anilines is 1. The second-order valence-corrected chi connectivity index (χ2v) is 8.11. The number of hydrogen-bond donors (Lipinski definition) is 4. The lowest BCUT2D eigenvalue weighted by atomic mass is 9.86. The third kappa shape index (κ3) is 3.66. The number of amides is 2. The van der Waals surface area contributed by atoms with Gasteiger partial charge in [0.1, 0.15) is 0 Å². The maximum Gasteiger partial charge on any atom is 0.255 e. The second kappa shape index (κ2) is 7.67. The molecule has 0 radical (unpaired) electrons. The summed E-state index contributed by atoms with van der Waals surface area (Å²) in [5, 5.41) is 19.4. The molecule has 0 spiro atoms. The Labute approximate surface area is 174 Å². The van der Waals surface area contributed by atoms with Crippen molar-refractivity contribution < 1.29 is 9.59 Å². The molecule has 1 fully saturated rings. The first-order chi connectivity index (χ1) is 14.4. The van der Waals surface area contributed by atoms with Crippen LogP contribution >= 0.6 is 0 Å². The highest BCUT2D eigenvalue weighted by Gasteiger charge is 2.31. The molecule has 2 aromatic heterocycles. The maximum atomic E-state index is 13.0. The Morgan fingerprint density at radius 2 is 1.97 bits per heavy atom. The van der Waals surface area contributed by atoms with E-state index < -0.39 is 0 Å². The van der Waals surface area contributed by atoms with Gasteiger partial charge >= 0.3 is 0 Å². The molecule has 0 atom stereocenters. The number of fused-ring (bicyclic) bond motifs is 3. The zero-order valence-corrected chi connectivity index (χ0v) is 17.2. The summed E-state index contributed by atoms with van der Waals surface area (Å²) in [7, 11) is 0. The van der Waals surface area contributed by atoms with Gasteiger partial charge in [-0.2, -0.15) is 5.26 Å². The molecule has 4 rings (SSSR count). The Morgan fingerprint density at radius 1 is 1.23 bits per heavy atom. The van der Waals surface area contributed by atoms with Crippen molar-refractivity contribution in [3.63, 3.8) is 0 Å². The van der Waals surface area contributed by atoms with E-state index in [9.17, 15) is 14.9 Å². The van der Waals surface area contributed by atoms with Crippen molar-refractivity contribution in [1.29, 1.82) is 5.26 Å². The minimum Gasteiger partial charge on any atom is -0.380 e. The molecule has 0 unspecified atom stereocenters. The zero-order chi connectivity index (χ0) is 21.4. The number of rotatable bonds is 5. The van der Waals surface area contributed by atoms with Gasteiger partial charge in [0.2, 0.25) is 5.91 Å². The number of nitrogens with zero attached hydrogens (tertiary/aromatic N) is 2. The molecule has 8 nitrogen and oxygen atoms in total. The minimum absolute atomic E-state index is 0.0258. The molecule has 0 aliphatic heterocycles. The molecule has 8 heteroatoms. The van der Waals surface area contributed by atoms with Gasteiger partial charge in [0, 0.05) is 42.1 Å². The van der Waals surface area contributed by atoms with Crippen molar-refractivity contribution in [2.45, 2.75) is 51.7 Å². The lowest BCUT2D eigenvalue weighted by Crippen LogP contribution is -2.53. The third-order valence-corrected chi connectivity index (χ3v) is 5.30. The molecule has 1 aromatic carbocycles. The van der Waals surface area contributed by atoms with Crippen LogP contribution in [0.15, 0.2) is 24.4 Å². The Morgan fingerprint density at radius 3 is 2.63 bits per heavy atom. The highest BCUT2D eigenvalue weighted by atomic mass is 16.2. The first-order valence-electron chi connectivity index (χ1n) is 10.0. The molecular weight excluding hydrogens is 380 g/mol. The number of hydrogen-bond acceptors (Lipinski definition) is 5. The summed E-state index contributed by atoms with van der Waals surface area (Å²) in [5.41, 5.74) is 4.02. The van der Waals surface area contributed by atoms with Gasteiger partial charge in [-0.15, -0.1) is 0 Å². The Balaban J connectivity index is 1.67. The van der Waals surface area contributed by atoms with Crippen LogP contribution in [-0.2, 0) is 4.79 Å². The van der Waals surface area contributed by atoms with Gasteiger partial charge in [-0.25, -0.2) is 0 Å². The van der Waals surface area contributed by atoms with Crippen LogP contribution in [0, 0.1) is 11.3 Å². The number of benzene rings is 1. The lowest BCUT2D eigenvalue weighted by Gasteiger charge is -2.36. The van der Waals surface area contributed by atoms with Gasteiger partial charge in [-0.05, 0) is 44.9 Å². The molecule has 154 valence electrons. The van der Waals surface area contributed by atoms with Gasteiger partial charge in [-0.3, -0.25) is 14.6 Å². The van der Waals surface area contributed by atoms with Crippen LogP contribution in [0.1, 0.15) is 49.5 Å². The van der Waals surface area contributed by atoms with Crippen LogP contribution in [0.5, 0.6) is 0 Å². The number of aromatic amines is 1. The average Bonchev–Trinajstić information content (AvgIpc) is 3.03. The lowest BCUT2D eigenvalue weighted by molar-refractivity contribution is -0.120. The number of H-pyrrole nitrogens is 1. The van der Waals surface area contributed by atoms with Crippen molar-refractivity contribution in [1.82, 2.24) is 20.6 Å². The van der Waals surface area contributed by atoms with Crippen molar-refractivity contribution in [2.24, 2.45) is 0 Å². The monoisotopic (exact) mass is 404 g/mol. The number of carbonyl (C=O) groups is 2. The molecule has 2 heterocycles. The van der Waals surface area contributed by atoms with Crippen LogP contribution < -0.4 is 16.0 Å². The quantitative estimate of drug-likeness (QED) is 0.521. The molecular formula is C22H24N6O2. The maximum absolute atomic E-state index is 13.0. The standard InChI is InChI=1S/C22H24N6O2/c1-11(2)25-20-17(22(30)27-15-7-14(8-15)26-12(3)29)10-24-19-16-5-4-13(9-23)6-18(16)28-21(19)20/h4-6,10-11,14-15,28H,7-8H2,1-3H3,(H,24,25)(H,26,29)(H,27,30)/t14-,15-. The van der Waals surface area contributed by atoms with Gasteiger partial charge < -0.3 is 20.9 Å². The highest BCUT2D eigenvalue weighted by molar-refractivity contribution is 6.14. The molecule has 1 aliphatic rings. The summed E-state index contributed by atoms with van der Waals surface area (Å²) in [5.74, 6) is -0.253. The van der Waals surface area contributed by atoms with Crippen molar-refractivity contribution in [3.8, 4) is 6.07 Å².